The fourth-order valence-corrected chi connectivity index (χ4v) is 3.06. The number of nitrogens with one attached hydrogen (secondary N) is 2. The first kappa shape index (κ1) is 19.7. The Morgan fingerprint density at radius 1 is 1.30 bits per heavy atom. The molecule has 0 radical (unpaired) electrons. The van der Waals surface area contributed by atoms with Crippen LogP contribution in [-0.4, -0.2) is 38.9 Å². The van der Waals surface area contributed by atoms with Gasteiger partial charge in [-0.05, 0) is 57.1 Å². The molecule has 0 bridgehead atoms. The number of benzene rings is 1. The van der Waals surface area contributed by atoms with Gasteiger partial charge < -0.3 is 20.1 Å². The van der Waals surface area contributed by atoms with E-state index in [0.717, 1.165) is 68.9 Å². The highest BCUT2D eigenvalue weighted by atomic mass is 16.5. The fourth-order valence-electron chi connectivity index (χ4n) is 3.06. The predicted octanol–water partition coefficient (Wildman–Crippen LogP) is 3.58. The van der Waals surface area contributed by atoms with Crippen LogP contribution in [0.25, 0.3) is 0 Å². The van der Waals surface area contributed by atoms with Gasteiger partial charge in [0.15, 0.2) is 5.96 Å². The van der Waals surface area contributed by atoms with Gasteiger partial charge in [0.25, 0.3) is 0 Å². The van der Waals surface area contributed by atoms with Crippen molar-refractivity contribution in [1.29, 1.82) is 0 Å². The van der Waals surface area contributed by atoms with Gasteiger partial charge in [-0.3, -0.25) is 0 Å². The maximum Gasteiger partial charge on any atom is 0.191 e. The van der Waals surface area contributed by atoms with Gasteiger partial charge in [-0.15, -0.1) is 0 Å². The molecule has 0 unspecified atom stereocenters. The first-order chi connectivity index (χ1) is 13.2. The van der Waals surface area contributed by atoms with Crippen LogP contribution in [0.15, 0.2) is 34.8 Å². The highest BCUT2D eigenvalue weighted by Crippen LogP contribution is 2.30. The minimum absolute atomic E-state index is 0.617. The number of ether oxygens (including phenoxy) is 2. The normalized spacial score (nSPS) is 17.4. The van der Waals surface area contributed by atoms with Crippen molar-refractivity contribution in [2.75, 3.05) is 32.9 Å². The van der Waals surface area contributed by atoms with Crippen LogP contribution in [0.4, 0.5) is 0 Å². The molecule has 1 aromatic carbocycles. The minimum atomic E-state index is 0.617. The molecule has 5 nitrogen and oxygen atoms in total. The lowest BCUT2D eigenvalue weighted by Crippen LogP contribution is -2.38. The fraction of sp³-hybridized carbons (Fsp3) is 0.591. The molecule has 1 fully saturated rings. The molecule has 1 aliphatic carbocycles. The Morgan fingerprint density at radius 3 is 2.93 bits per heavy atom. The average molecular weight is 372 g/mol. The van der Waals surface area contributed by atoms with E-state index in [1.807, 2.05) is 0 Å². The Balaban J connectivity index is 1.55. The lowest BCUT2D eigenvalue weighted by atomic mass is 10.1. The summed E-state index contributed by atoms with van der Waals surface area (Å²) in [5.41, 5.74) is 3.84. The van der Waals surface area contributed by atoms with Crippen molar-refractivity contribution < 1.29 is 9.47 Å². The van der Waals surface area contributed by atoms with E-state index in [1.54, 1.807) is 0 Å². The molecular formula is C22H33N3O2. The number of nitrogens with zero attached hydrogens (tertiary/aromatic N) is 1. The number of guanidine groups is 1. The van der Waals surface area contributed by atoms with Crippen LogP contribution in [-0.2, 0) is 11.3 Å². The molecule has 0 atom stereocenters. The topological polar surface area (TPSA) is 54.9 Å². The third kappa shape index (κ3) is 6.90. The third-order valence-corrected chi connectivity index (χ3v) is 4.94. The monoisotopic (exact) mass is 371 g/mol. The summed E-state index contributed by atoms with van der Waals surface area (Å²) in [5, 5.41) is 6.78. The molecule has 2 aliphatic rings. The minimum Gasteiger partial charge on any atom is -0.493 e. The summed E-state index contributed by atoms with van der Waals surface area (Å²) in [6, 6.07) is 6.40. The van der Waals surface area contributed by atoms with Crippen LogP contribution >= 0.6 is 0 Å². The average Bonchev–Trinajstić information content (AvgIpc) is 3.51. The van der Waals surface area contributed by atoms with Crippen LogP contribution in [0.3, 0.4) is 0 Å². The molecular weight excluding hydrogens is 338 g/mol. The van der Waals surface area contributed by atoms with Crippen LogP contribution in [0, 0.1) is 12.8 Å². The second-order valence-electron chi connectivity index (χ2n) is 7.42. The van der Waals surface area contributed by atoms with Crippen molar-refractivity contribution in [1.82, 2.24) is 10.6 Å². The van der Waals surface area contributed by atoms with Gasteiger partial charge in [0.2, 0.25) is 0 Å². The Bertz CT molecular complexity index is 666. The lowest BCUT2D eigenvalue weighted by molar-refractivity contribution is 0.153. The summed E-state index contributed by atoms with van der Waals surface area (Å²) in [4.78, 5) is 4.77. The smallest absolute Gasteiger partial charge is 0.191 e. The Kier molecular flexibility index (Phi) is 7.57. The van der Waals surface area contributed by atoms with E-state index in [9.17, 15) is 0 Å². The van der Waals surface area contributed by atoms with Gasteiger partial charge in [-0.25, -0.2) is 4.99 Å². The van der Waals surface area contributed by atoms with E-state index in [-0.39, 0.29) is 0 Å². The summed E-state index contributed by atoms with van der Waals surface area (Å²) < 4.78 is 11.4. The Hall–Kier alpha value is -2.01. The zero-order valence-electron chi connectivity index (χ0n) is 16.7. The molecule has 1 aromatic rings. The zero-order chi connectivity index (χ0) is 18.9. The summed E-state index contributed by atoms with van der Waals surface area (Å²) in [6.45, 7) is 8.97. The maximum absolute atomic E-state index is 6.07. The van der Waals surface area contributed by atoms with E-state index in [0.29, 0.717) is 6.54 Å². The second kappa shape index (κ2) is 10.4. The molecule has 0 saturated heterocycles. The first-order valence-corrected chi connectivity index (χ1v) is 10.2. The molecule has 27 heavy (non-hydrogen) atoms. The van der Waals surface area contributed by atoms with Gasteiger partial charge in [0.05, 0.1) is 26.4 Å². The van der Waals surface area contributed by atoms with Gasteiger partial charge in [-0.1, -0.05) is 23.8 Å². The van der Waals surface area contributed by atoms with Gasteiger partial charge in [-0.2, -0.15) is 0 Å². The van der Waals surface area contributed by atoms with Crippen molar-refractivity contribution in [3.63, 3.8) is 0 Å². The molecule has 1 aliphatic heterocycles. The molecule has 0 amide bonds. The molecule has 0 aromatic heterocycles. The van der Waals surface area contributed by atoms with Crippen molar-refractivity contribution in [2.45, 2.75) is 46.1 Å². The summed E-state index contributed by atoms with van der Waals surface area (Å²) in [6.07, 6.45) is 6.88. The Labute approximate surface area is 163 Å². The van der Waals surface area contributed by atoms with Crippen LogP contribution in [0.2, 0.25) is 0 Å². The lowest BCUT2D eigenvalue weighted by Gasteiger charge is -2.16. The number of rotatable bonds is 9. The number of hydrogen-bond acceptors (Lipinski definition) is 3. The third-order valence-electron chi connectivity index (χ3n) is 4.94. The molecule has 5 heteroatoms. The highest BCUT2D eigenvalue weighted by Gasteiger charge is 2.22. The molecule has 148 valence electrons. The first-order valence-electron chi connectivity index (χ1n) is 10.2. The number of aryl methyl sites for hydroxylation is 1. The molecule has 1 saturated carbocycles. The van der Waals surface area contributed by atoms with Crippen molar-refractivity contribution >= 4 is 5.96 Å². The second-order valence-corrected chi connectivity index (χ2v) is 7.42. The predicted molar refractivity (Wildman–Crippen MR) is 110 cm³/mol. The molecule has 1 heterocycles. The number of aliphatic imine (C=N–C) groups is 1. The van der Waals surface area contributed by atoms with E-state index in [4.69, 9.17) is 14.5 Å². The van der Waals surface area contributed by atoms with Crippen LogP contribution < -0.4 is 15.4 Å². The molecule has 2 N–H and O–H groups in total. The largest absolute Gasteiger partial charge is 0.493 e. The summed E-state index contributed by atoms with van der Waals surface area (Å²) in [7, 11) is 0. The maximum atomic E-state index is 6.07. The van der Waals surface area contributed by atoms with Crippen molar-refractivity contribution in [2.24, 2.45) is 10.9 Å². The van der Waals surface area contributed by atoms with E-state index < -0.39 is 0 Å². The van der Waals surface area contributed by atoms with E-state index in [1.165, 1.54) is 24.0 Å². The van der Waals surface area contributed by atoms with E-state index in [2.05, 4.69) is 48.8 Å². The van der Waals surface area contributed by atoms with Crippen molar-refractivity contribution in [3.05, 3.63) is 41.0 Å². The van der Waals surface area contributed by atoms with Crippen molar-refractivity contribution in [3.8, 4) is 5.75 Å². The highest BCUT2D eigenvalue weighted by molar-refractivity contribution is 5.79. The van der Waals surface area contributed by atoms with Crippen LogP contribution in [0.1, 0.15) is 43.7 Å². The molecule has 0 spiro atoms. The van der Waals surface area contributed by atoms with Gasteiger partial charge in [0.1, 0.15) is 5.75 Å². The van der Waals surface area contributed by atoms with Crippen LogP contribution in [0.5, 0.6) is 5.75 Å². The van der Waals surface area contributed by atoms with Gasteiger partial charge >= 0.3 is 0 Å². The summed E-state index contributed by atoms with van der Waals surface area (Å²) >= 11 is 0. The quantitative estimate of drug-likeness (QED) is 0.396. The summed E-state index contributed by atoms with van der Waals surface area (Å²) in [5.74, 6) is 2.59. The van der Waals surface area contributed by atoms with Gasteiger partial charge in [0, 0.05) is 18.7 Å². The Morgan fingerprint density at radius 2 is 2.19 bits per heavy atom. The zero-order valence-corrected chi connectivity index (χ0v) is 16.7. The number of hydrogen-bond donors (Lipinski definition) is 2. The standard InChI is InChI=1S/C22H33N3O2/c1-3-23-22(24-11-8-18-9-12-26-13-10-18)25-15-20-7-4-17(2)14-21(20)27-16-19-5-6-19/h4,7,9,14,19H,3,5-6,8,10-13,15-16H2,1-2H3,(H2,23,24,25). The molecule has 3 rings (SSSR count). The van der Waals surface area contributed by atoms with E-state index >= 15 is 0 Å². The SMILES string of the molecule is CCNC(=NCc1ccc(C)cc1OCC1CC1)NCCC1=CCOCC1.